The second kappa shape index (κ2) is 7.59. The van der Waals surface area contributed by atoms with Gasteiger partial charge in [-0.1, -0.05) is 20.8 Å². The average Bonchev–Trinajstić information content (AvgIpc) is 2.92. The molecule has 1 aromatic heterocycles. The number of aromatic nitrogens is 2. The minimum atomic E-state index is -0.102. The van der Waals surface area contributed by atoms with E-state index in [0.717, 1.165) is 17.7 Å². The van der Waals surface area contributed by atoms with Gasteiger partial charge in [-0.05, 0) is 46.9 Å². The van der Waals surface area contributed by atoms with Crippen LogP contribution in [0.25, 0.3) is 11.3 Å². The number of ether oxygens (including phenoxy) is 1. The molecule has 0 fully saturated rings. The minimum absolute atomic E-state index is 0.102. The Hall–Kier alpha value is -2.37. The van der Waals surface area contributed by atoms with E-state index in [2.05, 4.69) is 22.6 Å². The highest BCUT2D eigenvalue weighted by Crippen LogP contribution is 2.26. The van der Waals surface area contributed by atoms with E-state index in [9.17, 15) is 4.79 Å². The van der Waals surface area contributed by atoms with E-state index in [1.54, 1.807) is 0 Å². The highest BCUT2D eigenvalue weighted by molar-refractivity contribution is 5.93. The number of hydrogen-bond acceptors (Lipinski definition) is 5. The van der Waals surface area contributed by atoms with Crippen molar-refractivity contribution in [2.24, 2.45) is 5.92 Å². The summed E-state index contributed by atoms with van der Waals surface area (Å²) in [6.07, 6.45) is 1.39. The van der Waals surface area contributed by atoms with Crippen molar-refractivity contribution in [1.29, 1.82) is 0 Å². The summed E-state index contributed by atoms with van der Waals surface area (Å²) in [5.41, 5.74) is 1.32. The van der Waals surface area contributed by atoms with Gasteiger partial charge in [0.1, 0.15) is 5.75 Å². The van der Waals surface area contributed by atoms with Crippen LogP contribution in [0.15, 0.2) is 28.9 Å². The van der Waals surface area contributed by atoms with Crippen LogP contribution in [0.1, 0.15) is 33.6 Å². The number of rotatable bonds is 7. The molecule has 1 heterocycles. The van der Waals surface area contributed by atoms with E-state index < -0.39 is 0 Å². The Morgan fingerprint density at radius 3 is 2.64 bits per heavy atom. The SMILES string of the molecule is CCCOc1ccc(-c2nonc2NC(=O)CC(C)C)cc1. The van der Waals surface area contributed by atoms with E-state index in [1.807, 2.05) is 38.1 Å². The normalized spacial score (nSPS) is 10.7. The van der Waals surface area contributed by atoms with E-state index in [0.29, 0.717) is 24.5 Å². The third-order valence-electron chi connectivity index (χ3n) is 2.94. The summed E-state index contributed by atoms with van der Waals surface area (Å²) in [6, 6.07) is 7.45. The summed E-state index contributed by atoms with van der Waals surface area (Å²) in [7, 11) is 0. The van der Waals surface area contributed by atoms with Crippen molar-refractivity contribution in [2.45, 2.75) is 33.6 Å². The van der Waals surface area contributed by atoms with Crippen LogP contribution in [0, 0.1) is 5.92 Å². The van der Waals surface area contributed by atoms with Gasteiger partial charge in [-0.2, -0.15) is 0 Å². The molecule has 1 N–H and O–H groups in total. The standard InChI is InChI=1S/C16H21N3O3/c1-4-9-21-13-7-5-12(6-8-13)15-16(19-22-18-15)17-14(20)10-11(2)3/h5-8,11H,4,9-10H2,1-3H3,(H,17,19,20). The Balaban J connectivity index is 2.09. The largest absolute Gasteiger partial charge is 0.494 e. The fraction of sp³-hybridized carbons (Fsp3) is 0.438. The molecule has 2 rings (SSSR count). The molecule has 0 bridgehead atoms. The first-order valence-corrected chi connectivity index (χ1v) is 7.45. The highest BCUT2D eigenvalue weighted by atomic mass is 16.6. The van der Waals surface area contributed by atoms with E-state index in [4.69, 9.17) is 9.37 Å². The zero-order valence-electron chi connectivity index (χ0n) is 13.1. The van der Waals surface area contributed by atoms with Crippen LogP contribution in [0.5, 0.6) is 5.75 Å². The van der Waals surface area contributed by atoms with Crippen LogP contribution >= 0.6 is 0 Å². The number of carbonyl (C=O) groups excluding carboxylic acids is 1. The van der Waals surface area contributed by atoms with Gasteiger partial charge in [0.15, 0.2) is 5.69 Å². The molecule has 0 spiro atoms. The fourth-order valence-electron chi connectivity index (χ4n) is 1.94. The first-order chi connectivity index (χ1) is 10.6. The van der Waals surface area contributed by atoms with Crippen LogP contribution < -0.4 is 10.1 Å². The molecule has 0 saturated heterocycles. The fourth-order valence-corrected chi connectivity index (χ4v) is 1.94. The first kappa shape index (κ1) is 16.0. The van der Waals surface area contributed by atoms with Crippen LogP contribution in [-0.4, -0.2) is 22.8 Å². The van der Waals surface area contributed by atoms with Crippen molar-refractivity contribution in [3.8, 4) is 17.0 Å². The highest BCUT2D eigenvalue weighted by Gasteiger charge is 2.15. The van der Waals surface area contributed by atoms with Gasteiger partial charge in [-0.3, -0.25) is 4.79 Å². The van der Waals surface area contributed by atoms with Crippen molar-refractivity contribution < 1.29 is 14.2 Å². The molecule has 1 aromatic carbocycles. The van der Waals surface area contributed by atoms with Gasteiger partial charge in [-0.25, -0.2) is 4.63 Å². The van der Waals surface area contributed by atoms with Gasteiger partial charge in [0.2, 0.25) is 11.7 Å². The molecule has 1 amide bonds. The number of nitrogens with zero attached hydrogens (tertiary/aromatic N) is 2. The van der Waals surface area contributed by atoms with Crippen molar-refractivity contribution in [3.63, 3.8) is 0 Å². The molecular weight excluding hydrogens is 282 g/mol. The van der Waals surface area contributed by atoms with Crippen LogP contribution in [0.2, 0.25) is 0 Å². The molecule has 0 saturated carbocycles. The topological polar surface area (TPSA) is 77.2 Å². The summed E-state index contributed by atoms with van der Waals surface area (Å²) >= 11 is 0. The third-order valence-corrected chi connectivity index (χ3v) is 2.94. The molecule has 0 radical (unpaired) electrons. The van der Waals surface area contributed by atoms with Crippen LogP contribution in [0.4, 0.5) is 5.82 Å². The van der Waals surface area contributed by atoms with Gasteiger partial charge in [0.05, 0.1) is 6.61 Å². The first-order valence-electron chi connectivity index (χ1n) is 7.45. The van der Waals surface area contributed by atoms with E-state index in [1.165, 1.54) is 0 Å². The maximum atomic E-state index is 11.8. The van der Waals surface area contributed by atoms with Gasteiger partial charge >= 0.3 is 0 Å². The molecular formula is C16H21N3O3. The second-order valence-corrected chi connectivity index (χ2v) is 5.48. The quantitative estimate of drug-likeness (QED) is 0.847. The summed E-state index contributed by atoms with van der Waals surface area (Å²) in [4.78, 5) is 11.8. The van der Waals surface area contributed by atoms with Crippen LogP contribution in [0.3, 0.4) is 0 Å². The molecule has 0 aliphatic carbocycles. The smallest absolute Gasteiger partial charge is 0.225 e. The zero-order chi connectivity index (χ0) is 15.9. The lowest BCUT2D eigenvalue weighted by Crippen LogP contribution is -2.14. The second-order valence-electron chi connectivity index (χ2n) is 5.48. The Morgan fingerprint density at radius 1 is 1.27 bits per heavy atom. The maximum Gasteiger partial charge on any atom is 0.225 e. The molecule has 0 unspecified atom stereocenters. The third kappa shape index (κ3) is 4.31. The minimum Gasteiger partial charge on any atom is -0.494 e. The molecule has 0 aliphatic heterocycles. The summed E-state index contributed by atoms with van der Waals surface area (Å²) in [5, 5.41) is 10.4. The molecule has 118 valence electrons. The number of nitrogens with one attached hydrogen (secondary N) is 1. The van der Waals surface area contributed by atoms with Gasteiger partial charge in [0, 0.05) is 12.0 Å². The number of hydrogen-bond donors (Lipinski definition) is 1. The Labute approximate surface area is 129 Å². The molecule has 0 atom stereocenters. The van der Waals surface area contributed by atoms with Crippen LogP contribution in [-0.2, 0) is 4.79 Å². The summed E-state index contributed by atoms with van der Waals surface area (Å²) < 4.78 is 10.3. The van der Waals surface area contributed by atoms with Crippen molar-refractivity contribution in [3.05, 3.63) is 24.3 Å². The van der Waals surface area contributed by atoms with Gasteiger partial charge < -0.3 is 10.1 Å². The maximum absolute atomic E-state index is 11.8. The lowest BCUT2D eigenvalue weighted by molar-refractivity contribution is -0.116. The summed E-state index contributed by atoms with van der Waals surface area (Å²) in [5.74, 6) is 1.31. The molecule has 2 aromatic rings. The number of anilines is 1. The molecule has 22 heavy (non-hydrogen) atoms. The predicted molar refractivity (Wildman–Crippen MR) is 83.6 cm³/mol. The lowest BCUT2D eigenvalue weighted by Gasteiger charge is -2.06. The lowest BCUT2D eigenvalue weighted by atomic mass is 10.1. The zero-order valence-corrected chi connectivity index (χ0v) is 13.1. The van der Waals surface area contributed by atoms with Gasteiger partial charge in [0.25, 0.3) is 0 Å². The summed E-state index contributed by atoms with van der Waals surface area (Å²) in [6.45, 7) is 6.70. The Morgan fingerprint density at radius 2 is 2.00 bits per heavy atom. The van der Waals surface area contributed by atoms with Crippen molar-refractivity contribution in [1.82, 2.24) is 10.3 Å². The molecule has 6 heteroatoms. The van der Waals surface area contributed by atoms with Crippen molar-refractivity contribution >= 4 is 11.7 Å². The van der Waals surface area contributed by atoms with E-state index in [-0.39, 0.29) is 11.8 Å². The number of carbonyl (C=O) groups is 1. The number of benzene rings is 1. The Bertz CT molecular complexity index is 605. The molecule has 6 nitrogen and oxygen atoms in total. The van der Waals surface area contributed by atoms with E-state index >= 15 is 0 Å². The predicted octanol–water partition coefficient (Wildman–Crippen LogP) is 3.51. The Kier molecular flexibility index (Phi) is 5.52. The molecule has 0 aliphatic rings. The monoisotopic (exact) mass is 303 g/mol. The number of amides is 1. The van der Waals surface area contributed by atoms with Crippen molar-refractivity contribution in [2.75, 3.05) is 11.9 Å². The average molecular weight is 303 g/mol. The van der Waals surface area contributed by atoms with Gasteiger partial charge in [-0.15, -0.1) is 0 Å².